The maximum absolute atomic E-state index is 11.6. The van der Waals surface area contributed by atoms with Crippen LogP contribution in [0.3, 0.4) is 0 Å². The van der Waals surface area contributed by atoms with Gasteiger partial charge in [0.1, 0.15) is 5.75 Å². The highest BCUT2D eigenvalue weighted by Gasteiger charge is 2.26. The van der Waals surface area contributed by atoms with Crippen LogP contribution in [0.4, 0.5) is 0 Å². The summed E-state index contributed by atoms with van der Waals surface area (Å²) in [6.45, 7) is 2.75. The van der Waals surface area contributed by atoms with Gasteiger partial charge in [0.05, 0.1) is 12.2 Å². The van der Waals surface area contributed by atoms with Crippen LogP contribution in [0, 0.1) is 0 Å². The van der Waals surface area contributed by atoms with E-state index >= 15 is 0 Å². The van der Waals surface area contributed by atoms with Crippen molar-refractivity contribution in [2.75, 3.05) is 6.61 Å². The number of para-hydroxylation sites is 1. The molecule has 0 spiro atoms. The highest BCUT2D eigenvalue weighted by molar-refractivity contribution is 5.90. The second-order valence-electron chi connectivity index (χ2n) is 5.66. The topological polar surface area (TPSA) is 46.5 Å². The molecular weight excluding hydrogens is 276 g/mol. The zero-order valence-corrected chi connectivity index (χ0v) is 12.7. The standard InChI is InChI=1S/C19H20O3/c1-2-6-13-14(8-5-9-17(13)19(20)21)15-11-12-22-18-10-4-3-7-16(15)18/h3-5,7-10,15H,2,6,11-12H2,1H3,(H,20,21). The quantitative estimate of drug-likeness (QED) is 0.917. The number of carboxylic acid groups (broad SMARTS) is 1. The molecule has 3 heteroatoms. The number of carbonyl (C=O) groups is 1. The molecule has 0 saturated carbocycles. The van der Waals surface area contributed by atoms with Crippen molar-refractivity contribution in [3.63, 3.8) is 0 Å². The maximum Gasteiger partial charge on any atom is 0.335 e. The van der Waals surface area contributed by atoms with E-state index in [0.29, 0.717) is 12.2 Å². The number of hydrogen-bond donors (Lipinski definition) is 1. The van der Waals surface area contributed by atoms with Gasteiger partial charge in [-0.3, -0.25) is 0 Å². The Morgan fingerprint density at radius 1 is 1.18 bits per heavy atom. The molecule has 1 aliphatic heterocycles. The monoisotopic (exact) mass is 296 g/mol. The minimum Gasteiger partial charge on any atom is -0.493 e. The number of hydrogen-bond acceptors (Lipinski definition) is 2. The van der Waals surface area contributed by atoms with Gasteiger partial charge in [0.2, 0.25) is 0 Å². The summed E-state index contributed by atoms with van der Waals surface area (Å²) >= 11 is 0. The van der Waals surface area contributed by atoms with Crippen molar-refractivity contribution in [1.29, 1.82) is 0 Å². The van der Waals surface area contributed by atoms with Crippen LogP contribution in [0.25, 0.3) is 0 Å². The van der Waals surface area contributed by atoms with Gasteiger partial charge < -0.3 is 9.84 Å². The van der Waals surface area contributed by atoms with E-state index in [9.17, 15) is 9.90 Å². The molecule has 0 aromatic heterocycles. The Morgan fingerprint density at radius 3 is 2.73 bits per heavy atom. The van der Waals surface area contributed by atoms with Crippen molar-refractivity contribution in [3.8, 4) is 5.75 Å². The molecule has 114 valence electrons. The molecule has 0 radical (unpaired) electrons. The van der Waals surface area contributed by atoms with Crippen molar-refractivity contribution in [2.45, 2.75) is 32.1 Å². The largest absolute Gasteiger partial charge is 0.493 e. The number of ether oxygens (including phenoxy) is 1. The lowest BCUT2D eigenvalue weighted by Crippen LogP contribution is -2.17. The summed E-state index contributed by atoms with van der Waals surface area (Å²) in [4.78, 5) is 11.6. The Labute approximate surface area is 130 Å². The maximum atomic E-state index is 11.6. The van der Waals surface area contributed by atoms with Gasteiger partial charge >= 0.3 is 5.97 Å². The number of carboxylic acids is 1. The fourth-order valence-corrected chi connectivity index (χ4v) is 3.33. The predicted molar refractivity (Wildman–Crippen MR) is 85.8 cm³/mol. The molecule has 0 aliphatic carbocycles. The summed E-state index contributed by atoms with van der Waals surface area (Å²) in [6.07, 6.45) is 2.61. The van der Waals surface area contributed by atoms with Crippen molar-refractivity contribution in [3.05, 3.63) is 64.7 Å². The normalized spacial score (nSPS) is 16.7. The average Bonchev–Trinajstić information content (AvgIpc) is 2.54. The van der Waals surface area contributed by atoms with Crippen LogP contribution in [0.2, 0.25) is 0 Å². The molecule has 1 heterocycles. The first-order valence-electron chi connectivity index (χ1n) is 7.79. The van der Waals surface area contributed by atoms with Crippen molar-refractivity contribution in [2.24, 2.45) is 0 Å². The van der Waals surface area contributed by atoms with Gasteiger partial charge in [-0.25, -0.2) is 4.79 Å². The van der Waals surface area contributed by atoms with Gasteiger partial charge in [0.25, 0.3) is 0 Å². The van der Waals surface area contributed by atoms with E-state index in [2.05, 4.69) is 19.1 Å². The Hall–Kier alpha value is -2.29. The van der Waals surface area contributed by atoms with Gasteiger partial charge in [0, 0.05) is 11.5 Å². The van der Waals surface area contributed by atoms with Gasteiger partial charge in [-0.05, 0) is 36.1 Å². The van der Waals surface area contributed by atoms with Gasteiger partial charge in [0.15, 0.2) is 0 Å². The average molecular weight is 296 g/mol. The third-order valence-electron chi connectivity index (χ3n) is 4.28. The fraction of sp³-hybridized carbons (Fsp3) is 0.316. The van der Waals surface area contributed by atoms with Crippen LogP contribution in [0.15, 0.2) is 42.5 Å². The van der Waals surface area contributed by atoms with E-state index in [1.807, 2.05) is 24.3 Å². The smallest absolute Gasteiger partial charge is 0.335 e. The molecular formula is C19H20O3. The van der Waals surface area contributed by atoms with E-state index in [4.69, 9.17) is 4.74 Å². The molecule has 0 amide bonds. The van der Waals surface area contributed by atoms with Crippen LogP contribution in [-0.2, 0) is 6.42 Å². The summed E-state index contributed by atoms with van der Waals surface area (Å²) in [7, 11) is 0. The lowest BCUT2D eigenvalue weighted by Gasteiger charge is -2.28. The SMILES string of the molecule is CCCc1c(C(=O)O)cccc1C1CCOc2ccccc21. The fourth-order valence-electron chi connectivity index (χ4n) is 3.33. The number of rotatable bonds is 4. The number of fused-ring (bicyclic) bond motifs is 1. The van der Waals surface area contributed by atoms with E-state index in [-0.39, 0.29) is 5.92 Å². The first-order valence-corrected chi connectivity index (χ1v) is 7.79. The van der Waals surface area contributed by atoms with Crippen LogP contribution in [0.1, 0.15) is 52.7 Å². The minimum atomic E-state index is -0.842. The molecule has 0 fully saturated rings. The summed E-state index contributed by atoms with van der Waals surface area (Å²) in [6, 6.07) is 13.7. The Balaban J connectivity index is 2.13. The molecule has 22 heavy (non-hydrogen) atoms. The van der Waals surface area contributed by atoms with E-state index in [0.717, 1.165) is 41.7 Å². The van der Waals surface area contributed by atoms with Crippen molar-refractivity contribution >= 4 is 5.97 Å². The van der Waals surface area contributed by atoms with Crippen LogP contribution in [0.5, 0.6) is 5.75 Å². The van der Waals surface area contributed by atoms with E-state index in [1.54, 1.807) is 6.07 Å². The second-order valence-corrected chi connectivity index (χ2v) is 5.66. The Morgan fingerprint density at radius 2 is 1.95 bits per heavy atom. The van der Waals surface area contributed by atoms with Gasteiger partial charge in [-0.1, -0.05) is 43.7 Å². The van der Waals surface area contributed by atoms with Crippen LogP contribution in [-0.4, -0.2) is 17.7 Å². The first kappa shape index (κ1) is 14.6. The van der Waals surface area contributed by atoms with Crippen LogP contribution >= 0.6 is 0 Å². The summed E-state index contributed by atoms with van der Waals surface area (Å²) in [5.74, 6) is 0.290. The minimum absolute atomic E-state index is 0.214. The molecule has 1 aliphatic rings. The Kier molecular flexibility index (Phi) is 4.14. The first-order chi connectivity index (χ1) is 10.7. The second kappa shape index (κ2) is 6.22. The lowest BCUT2D eigenvalue weighted by molar-refractivity contribution is 0.0695. The van der Waals surface area contributed by atoms with Crippen LogP contribution < -0.4 is 4.74 Å². The molecule has 0 saturated heterocycles. The zero-order valence-electron chi connectivity index (χ0n) is 12.7. The summed E-state index contributed by atoms with van der Waals surface area (Å²) < 4.78 is 5.74. The molecule has 1 atom stereocenters. The van der Waals surface area contributed by atoms with E-state index in [1.165, 1.54) is 0 Å². The summed E-state index contributed by atoms with van der Waals surface area (Å²) in [5.41, 5.74) is 3.70. The van der Waals surface area contributed by atoms with E-state index < -0.39 is 5.97 Å². The van der Waals surface area contributed by atoms with Crippen molar-refractivity contribution in [1.82, 2.24) is 0 Å². The molecule has 1 unspecified atom stereocenters. The highest BCUT2D eigenvalue weighted by Crippen LogP contribution is 2.40. The van der Waals surface area contributed by atoms with Gasteiger partial charge in [-0.15, -0.1) is 0 Å². The molecule has 1 N–H and O–H groups in total. The summed E-state index contributed by atoms with van der Waals surface area (Å²) in [5, 5.41) is 9.49. The lowest BCUT2D eigenvalue weighted by atomic mass is 9.82. The third-order valence-corrected chi connectivity index (χ3v) is 4.28. The molecule has 3 rings (SSSR count). The molecule has 0 bridgehead atoms. The zero-order chi connectivity index (χ0) is 15.5. The predicted octanol–water partition coefficient (Wildman–Crippen LogP) is 4.25. The molecule has 2 aromatic rings. The Bertz CT molecular complexity index is 691. The van der Waals surface area contributed by atoms with Gasteiger partial charge in [-0.2, -0.15) is 0 Å². The highest BCUT2D eigenvalue weighted by atomic mass is 16.5. The molecule has 2 aromatic carbocycles. The molecule has 3 nitrogen and oxygen atoms in total. The third kappa shape index (κ3) is 2.59. The van der Waals surface area contributed by atoms with Crippen molar-refractivity contribution < 1.29 is 14.6 Å². The number of aromatic carboxylic acids is 1. The number of benzene rings is 2.